The van der Waals surface area contributed by atoms with Gasteiger partial charge < -0.3 is 10.2 Å². The summed E-state index contributed by atoms with van der Waals surface area (Å²) in [6.07, 6.45) is 0.407. The summed E-state index contributed by atoms with van der Waals surface area (Å²) in [5.41, 5.74) is 1.83. The Kier molecular flexibility index (Phi) is 4.76. The van der Waals surface area contributed by atoms with Gasteiger partial charge in [0.05, 0.1) is 12.1 Å². The highest BCUT2D eigenvalue weighted by Crippen LogP contribution is 2.02. The molecule has 1 fully saturated rings. The molecule has 1 aromatic heterocycles. The van der Waals surface area contributed by atoms with Crippen molar-refractivity contribution >= 4 is 18.3 Å². The van der Waals surface area contributed by atoms with Crippen LogP contribution >= 0.6 is 12.4 Å². The lowest BCUT2D eigenvalue weighted by molar-refractivity contribution is -0.131. The fourth-order valence-electron chi connectivity index (χ4n) is 1.75. The van der Waals surface area contributed by atoms with E-state index in [1.54, 1.807) is 0 Å². The van der Waals surface area contributed by atoms with Gasteiger partial charge in [0.2, 0.25) is 5.91 Å². The number of aryl methyl sites for hydroxylation is 1. The third-order valence-electron chi connectivity index (χ3n) is 2.56. The van der Waals surface area contributed by atoms with E-state index in [2.05, 4.69) is 15.5 Å². The number of amides is 1. The fourth-order valence-corrected chi connectivity index (χ4v) is 1.75. The number of H-pyrrole nitrogens is 1. The molecule has 6 heteroatoms. The monoisotopic (exact) mass is 244 g/mol. The Morgan fingerprint density at radius 2 is 2.19 bits per heavy atom. The third kappa shape index (κ3) is 3.21. The van der Waals surface area contributed by atoms with E-state index in [0.29, 0.717) is 6.42 Å². The van der Waals surface area contributed by atoms with Gasteiger partial charge in [0.15, 0.2) is 0 Å². The predicted molar refractivity (Wildman–Crippen MR) is 63.7 cm³/mol. The largest absolute Gasteiger partial charge is 0.340 e. The van der Waals surface area contributed by atoms with Gasteiger partial charge in [-0.25, -0.2) is 0 Å². The van der Waals surface area contributed by atoms with Crippen molar-refractivity contribution in [3.05, 3.63) is 17.5 Å². The van der Waals surface area contributed by atoms with Crippen LogP contribution in [0.3, 0.4) is 0 Å². The molecule has 2 rings (SSSR count). The van der Waals surface area contributed by atoms with Crippen molar-refractivity contribution in [1.29, 1.82) is 0 Å². The number of aromatic nitrogens is 2. The summed E-state index contributed by atoms with van der Waals surface area (Å²) in [7, 11) is 0. The highest BCUT2D eigenvalue weighted by Gasteiger charge is 2.17. The lowest BCUT2D eigenvalue weighted by Crippen LogP contribution is -2.46. The van der Waals surface area contributed by atoms with Crippen molar-refractivity contribution in [3.63, 3.8) is 0 Å². The number of piperazine rings is 1. The Hall–Kier alpha value is -1.07. The SMILES string of the molecule is Cc1cc(CC(=O)N2CCNCC2)n[nH]1.Cl. The van der Waals surface area contributed by atoms with Crippen molar-refractivity contribution in [2.24, 2.45) is 0 Å². The van der Waals surface area contributed by atoms with Crippen molar-refractivity contribution in [2.45, 2.75) is 13.3 Å². The average Bonchev–Trinajstić information content (AvgIpc) is 2.65. The maximum atomic E-state index is 11.8. The predicted octanol–water partition coefficient (Wildman–Crippen LogP) is 0.114. The van der Waals surface area contributed by atoms with Gasteiger partial charge in [0, 0.05) is 31.9 Å². The maximum absolute atomic E-state index is 11.8. The number of rotatable bonds is 2. The zero-order valence-electron chi connectivity index (χ0n) is 9.32. The van der Waals surface area contributed by atoms with Gasteiger partial charge in [-0.15, -0.1) is 12.4 Å². The fraction of sp³-hybridized carbons (Fsp3) is 0.600. The third-order valence-corrected chi connectivity index (χ3v) is 2.56. The van der Waals surface area contributed by atoms with Gasteiger partial charge in [-0.3, -0.25) is 9.89 Å². The van der Waals surface area contributed by atoms with E-state index in [1.807, 2.05) is 17.9 Å². The lowest BCUT2D eigenvalue weighted by Gasteiger charge is -2.27. The van der Waals surface area contributed by atoms with E-state index < -0.39 is 0 Å². The normalized spacial score (nSPS) is 15.7. The van der Waals surface area contributed by atoms with Gasteiger partial charge in [-0.2, -0.15) is 5.10 Å². The zero-order valence-corrected chi connectivity index (χ0v) is 10.1. The Bertz CT molecular complexity index is 346. The first-order valence-electron chi connectivity index (χ1n) is 5.25. The topological polar surface area (TPSA) is 61.0 Å². The lowest BCUT2D eigenvalue weighted by atomic mass is 10.2. The van der Waals surface area contributed by atoms with Crippen molar-refractivity contribution in [1.82, 2.24) is 20.4 Å². The van der Waals surface area contributed by atoms with Crippen LogP contribution in [0, 0.1) is 6.92 Å². The number of nitrogens with one attached hydrogen (secondary N) is 2. The van der Waals surface area contributed by atoms with Crippen LogP contribution in [-0.2, 0) is 11.2 Å². The summed E-state index contributed by atoms with van der Waals surface area (Å²) in [4.78, 5) is 13.7. The van der Waals surface area contributed by atoms with Gasteiger partial charge in [0.25, 0.3) is 0 Å². The Balaban J connectivity index is 0.00000128. The molecule has 2 N–H and O–H groups in total. The van der Waals surface area contributed by atoms with Crippen LogP contribution in [-0.4, -0.2) is 47.2 Å². The van der Waals surface area contributed by atoms with E-state index >= 15 is 0 Å². The minimum absolute atomic E-state index is 0. The summed E-state index contributed by atoms with van der Waals surface area (Å²) < 4.78 is 0. The van der Waals surface area contributed by atoms with Crippen LogP contribution in [0.15, 0.2) is 6.07 Å². The molecule has 1 aromatic rings. The number of halogens is 1. The summed E-state index contributed by atoms with van der Waals surface area (Å²) in [6, 6.07) is 1.92. The number of carbonyl (C=O) groups excluding carboxylic acids is 1. The van der Waals surface area contributed by atoms with Gasteiger partial charge in [0.1, 0.15) is 0 Å². The number of nitrogens with zero attached hydrogens (tertiary/aromatic N) is 2. The van der Waals surface area contributed by atoms with Crippen LogP contribution in [0.5, 0.6) is 0 Å². The Morgan fingerprint density at radius 1 is 1.50 bits per heavy atom. The molecule has 2 heterocycles. The Labute approximate surface area is 101 Å². The molecule has 1 aliphatic heterocycles. The molecule has 0 saturated carbocycles. The Morgan fingerprint density at radius 3 is 2.75 bits per heavy atom. The standard InChI is InChI=1S/C10H16N4O.ClH/c1-8-6-9(13-12-8)7-10(15)14-4-2-11-3-5-14;/h6,11H,2-5,7H2,1H3,(H,12,13);1H. The molecule has 1 saturated heterocycles. The molecule has 0 aromatic carbocycles. The molecule has 90 valence electrons. The van der Waals surface area contributed by atoms with Crippen LogP contribution in [0.2, 0.25) is 0 Å². The molecule has 0 atom stereocenters. The van der Waals surface area contributed by atoms with E-state index in [-0.39, 0.29) is 18.3 Å². The van der Waals surface area contributed by atoms with Crippen molar-refractivity contribution in [3.8, 4) is 0 Å². The van der Waals surface area contributed by atoms with Gasteiger partial charge in [-0.1, -0.05) is 0 Å². The molecule has 1 aliphatic rings. The summed E-state index contributed by atoms with van der Waals surface area (Å²) in [6.45, 7) is 5.34. The number of hydrogen-bond acceptors (Lipinski definition) is 3. The second-order valence-electron chi connectivity index (χ2n) is 3.85. The molecule has 0 aliphatic carbocycles. The summed E-state index contributed by atoms with van der Waals surface area (Å²) in [5, 5.41) is 10.1. The molecule has 0 bridgehead atoms. The zero-order chi connectivity index (χ0) is 10.7. The highest BCUT2D eigenvalue weighted by molar-refractivity contribution is 5.85. The van der Waals surface area contributed by atoms with E-state index in [0.717, 1.165) is 37.6 Å². The first-order valence-corrected chi connectivity index (χ1v) is 5.25. The summed E-state index contributed by atoms with van der Waals surface area (Å²) >= 11 is 0. The molecular weight excluding hydrogens is 228 g/mol. The number of aromatic amines is 1. The molecular formula is C10H17ClN4O. The molecule has 0 unspecified atom stereocenters. The second kappa shape index (κ2) is 5.86. The smallest absolute Gasteiger partial charge is 0.228 e. The highest BCUT2D eigenvalue weighted by atomic mass is 35.5. The summed E-state index contributed by atoms with van der Waals surface area (Å²) in [5.74, 6) is 0.169. The van der Waals surface area contributed by atoms with Crippen LogP contribution in [0.1, 0.15) is 11.4 Å². The first-order chi connectivity index (χ1) is 7.25. The van der Waals surface area contributed by atoms with Crippen LogP contribution in [0.4, 0.5) is 0 Å². The maximum Gasteiger partial charge on any atom is 0.228 e. The number of hydrogen-bond donors (Lipinski definition) is 2. The number of carbonyl (C=O) groups is 1. The van der Waals surface area contributed by atoms with Crippen LogP contribution in [0.25, 0.3) is 0 Å². The first kappa shape index (κ1) is 13.0. The van der Waals surface area contributed by atoms with Crippen molar-refractivity contribution < 1.29 is 4.79 Å². The van der Waals surface area contributed by atoms with Crippen LogP contribution < -0.4 is 5.32 Å². The minimum Gasteiger partial charge on any atom is -0.340 e. The molecule has 0 radical (unpaired) electrons. The molecule has 16 heavy (non-hydrogen) atoms. The minimum atomic E-state index is 0. The molecule has 0 spiro atoms. The van der Waals surface area contributed by atoms with Crippen molar-refractivity contribution in [2.75, 3.05) is 26.2 Å². The van der Waals surface area contributed by atoms with E-state index in [4.69, 9.17) is 0 Å². The molecule has 1 amide bonds. The van der Waals surface area contributed by atoms with E-state index in [9.17, 15) is 4.79 Å². The molecule has 5 nitrogen and oxygen atoms in total. The van der Waals surface area contributed by atoms with Gasteiger partial charge >= 0.3 is 0 Å². The average molecular weight is 245 g/mol. The van der Waals surface area contributed by atoms with E-state index in [1.165, 1.54) is 0 Å². The second-order valence-corrected chi connectivity index (χ2v) is 3.85. The van der Waals surface area contributed by atoms with Gasteiger partial charge in [-0.05, 0) is 13.0 Å². The quantitative estimate of drug-likeness (QED) is 0.777.